The zero-order valence-electron chi connectivity index (χ0n) is 16.8. The van der Waals surface area contributed by atoms with E-state index in [-0.39, 0.29) is 5.75 Å². The number of phenols is 1. The molecule has 3 nitrogen and oxygen atoms in total. The molecule has 0 aliphatic carbocycles. The number of carbonyl (C=O) groups excluding carboxylic acids is 1. The van der Waals surface area contributed by atoms with Crippen molar-refractivity contribution < 1.29 is 14.6 Å². The molecular weight excluding hydrogens is 372 g/mol. The van der Waals surface area contributed by atoms with Crippen molar-refractivity contribution in [3.63, 3.8) is 0 Å². The summed E-state index contributed by atoms with van der Waals surface area (Å²) in [5.74, 6) is 0.0191. The number of rotatable bonds is 8. The Morgan fingerprint density at radius 2 is 1.50 bits per heavy atom. The molecule has 3 aromatic carbocycles. The monoisotopic (exact) mass is 396 g/mol. The average molecular weight is 396 g/mol. The summed E-state index contributed by atoms with van der Waals surface area (Å²) in [6.45, 7) is 7.55. The van der Waals surface area contributed by atoms with Crippen molar-refractivity contribution in [2.24, 2.45) is 0 Å². The molecule has 0 saturated heterocycles. The maximum atomic E-state index is 12.4. The van der Waals surface area contributed by atoms with Gasteiger partial charge in [0.2, 0.25) is 0 Å². The molecule has 0 saturated carbocycles. The van der Waals surface area contributed by atoms with Crippen LogP contribution >= 0.6 is 0 Å². The Labute approximate surface area is 177 Å². The summed E-state index contributed by atoms with van der Waals surface area (Å²) < 4.78 is 5.63. The largest absolute Gasteiger partial charge is 0.507 e. The Balaban J connectivity index is 1.96. The minimum absolute atomic E-state index is 0.121. The molecule has 0 heterocycles. The molecule has 0 unspecified atom stereocenters. The third-order valence-corrected chi connectivity index (χ3v) is 4.58. The Kier molecular flexibility index (Phi) is 7.01. The molecule has 0 atom stereocenters. The highest BCUT2D eigenvalue weighted by Crippen LogP contribution is 2.37. The van der Waals surface area contributed by atoms with E-state index < -0.39 is 5.97 Å². The van der Waals surface area contributed by atoms with Crippen molar-refractivity contribution in [1.29, 1.82) is 0 Å². The predicted molar refractivity (Wildman–Crippen MR) is 122 cm³/mol. The SMILES string of the molecule is C=CCc1ccc(O)c(-c2cc(CC=C)ccc2OC(=O)/C=C/c2ccccc2)c1. The smallest absolute Gasteiger partial charge is 0.336 e. The summed E-state index contributed by atoms with van der Waals surface area (Å²) in [6, 6.07) is 20.5. The van der Waals surface area contributed by atoms with Crippen LogP contribution in [0.4, 0.5) is 0 Å². The van der Waals surface area contributed by atoms with Crippen LogP contribution in [-0.4, -0.2) is 11.1 Å². The van der Waals surface area contributed by atoms with Crippen molar-refractivity contribution in [3.8, 4) is 22.6 Å². The molecule has 0 aliphatic heterocycles. The molecule has 30 heavy (non-hydrogen) atoms. The third kappa shape index (κ3) is 5.36. The molecule has 0 aliphatic rings. The summed E-state index contributed by atoms with van der Waals surface area (Å²) in [5, 5.41) is 10.5. The summed E-state index contributed by atoms with van der Waals surface area (Å²) in [4.78, 5) is 12.4. The minimum Gasteiger partial charge on any atom is -0.507 e. The number of benzene rings is 3. The molecule has 0 spiro atoms. The second kappa shape index (κ2) is 10.1. The van der Waals surface area contributed by atoms with Crippen molar-refractivity contribution in [3.05, 3.63) is 115 Å². The average Bonchev–Trinajstić information content (AvgIpc) is 2.76. The molecule has 3 rings (SSSR count). The number of ether oxygens (including phenoxy) is 1. The van der Waals surface area contributed by atoms with Crippen LogP contribution in [0.2, 0.25) is 0 Å². The lowest BCUT2D eigenvalue weighted by molar-refractivity contribution is -0.128. The first-order chi connectivity index (χ1) is 14.6. The zero-order chi connectivity index (χ0) is 21.3. The number of esters is 1. The molecule has 3 heteroatoms. The molecule has 0 radical (unpaired) electrons. The van der Waals surface area contributed by atoms with Gasteiger partial charge in [0.1, 0.15) is 11.5 Å². The lowest BCUT2D eigenvalue weighted by Gasteiger charge is -2.13. The highest BCUT2D eigenvalue weighted by Gasteiger charge is 2.14. The fourth-order valence-electron chi connectivity index (χ4n) is 3.13. The second-order valence-electron chi connectivity index (χ2n) is 6.83. The zero-order valence-corrected chi connectivity index (χ0v) is 16.8. The first-order valence-corrected chi connectivity index (χ1v) is 9.72. The van der Waals surface area contributed by atoms with Crippen molar-refractivity contribution in [2.75, 3.05) is 0 Å². The Morgan fingerprint density at radius 1 is 0.867 bits per heavy atom. The van der Waals surface area contributed by atoms with Crippen LogP contribution in [0.15, 0.2) is 98.1 Å². The topological polar surface area (TPSA) is 46.5 Å². The van der Waals surface area contributed by atoms with Crippen LogP contribution in [-0.2, 0) is 17.6 Å². The van der Waals surface area contributed by atoms with Gasteiger partial charge in [0.15, 0.2) is 0 Å². The first-order valence-electron chi connectivity index (χ1n) is 9.72. The molecule has 0 bridgehead atoms. The minimum atomic E-state index is -0.488. The molecule has 150 valence electrons. The Bertz CT molecular complexity index is 1080. The van der Waals surface area contributed by atoms with Crippen LogP contribution in [0.3, 0.4) is 0 Å². The van der Waals surface area contributed by atoms with E-state index in [4.69, 9.17) is 4.74 Å². The Hall–Kier alpha value is -3.85. The second-order valence-corrected chi connectivity index (χ2v) is 6.83. The Morgan fingerprint density at radius 3 is 2.17 bits per heavy atom. The highest BCUT2D eigenvalue weighted by molar-refractivity contribution is 5.90. The number of phenolic OH excluding ortho intramolecular Hbond substituents is 1. The number of carbonyl (C=O) groups is 1. The van der Waals surface area contributed by atoms with Crippen LogP contribution < -0.4 is 4.74 Å². The van der Waals surface area contributed by atoms with Gasteiger partial charge in [0, 0.05) is 17.2 Å². The van der Waals surface area contributed by atoms with E-state index in [0.29, 0.717) is 29.7 Å². The van der Waals surface area contributed by atoms with Crippen LogP contribution in [0.25, 0.3) is 17.2 Å². The van der Waals surface area contributed by atoms with Gasteiger partial charge in [-0.2, -0.15) is 0 Å². The van der Waals surface area contributed by atoms with Crippen LogP contribution in [0.5, 0.6) is 11.5 Å². The molecule has 0 aromatic heterocycles. The van der Waals surface area contributed by atoms with Crippen LogP contribution in [0.1, 0.15) is 16.7 Å². The molecule has 0 amide bonds. The first kappa shape index (κ1) is 20.9. The van der Waals surface area contributed by atoms with Gasteiger partial charge >= 0.3 is 5.97 Å². The van der Waals surface area contributed by atoms with E-state index in [1.807, 2.05) is 54.6 Å². The summed E-state index contributed by atoms with van der Waals surface area (Å²) in [5.41, 5.74) is 4.18. The number of hydrogen-bond acceptors (Lipinski definition) is 3. The van der Waals surface area contributed by atoms with Gasteiger partial charge in [-0.15, -0.1) is 13.2 Å². The maximum absolute atomic E-state index is 12.4. The van der Waals surface area contributed by atoms with E-state index in [2.05, 4.69) is 13.2 Å². The standard InChI is InChI=1S/C27H24O3/c1-3-8-21-12-15-25(28)23(18-21)24-19-22(9-4-2)13-16-26(24)30-27(29)17-14-20-10-6-5-7-11-20/h3-7,10-19,28H,1-2,8-9H2/b17-14+. The van der Waals surface area contributed by atoms with Gasteiger partial charge in [-0.3, -0.25) is 0 Å². The van der Waals surface area contributed by atoms with E-state index in [1.54, 1.807) is 30.4 Å². The molecule has 3 aromatic rings. The fraction of sp³-hybridized carbons (Fsp3) is 0.0741. The fourth-order valence-corrected chi connectivity index (χ4v) is 3.13. The van der Waals surface area contributed by atoms with E-state index in [0.717, 1.165) is 16.7 Å². The molecule has 1 N–H and O–H groups in total. The predicted octanol–water partition coefficient (Wildman–Crippen LogP) is 6.14. The third-order valence-electron chi connectivity index (χ3n) is 4.58. The lowest BCUT2D eigenvalue weighted by Crippen LogP contribution is -2.05. The van der Waals surface area contributed by atoms with E-state index in [1.165, 1.54) is 6.08 Å². The van der Waals surface area contributed by atoms with E-state index >= 15 is 0 Å². The van der Waals surface area contributed by atoms with Gasteiger partial charge in [-0.25, -0.2) is 4.79 Å². The van der Waals surface area contributed by atoms with Gasteiger partial charge in [-0.1, -0.05) is 54.6 Å². The van der Waals surface area contributed by atoms with Crippen molar-refractivity contribution >= 4 is 12.0 Å². The summed E-state index contributed by atoms with van der Waals surface area (Å²) >= 11 is 0. The maximum Gasteiger partial charge on any atom is 0.336 e. The van der Waals surface area contributed by atoms with Crippen molar-refractivity contribution in [2.45, 2.75) is 12.8 Å². The van der Waals surface area contributed by atoms with Gasteiger partial charge in [0.05, 0.1) is 0 Å². The number of hydrogen-bond donors (Lipinski definition) is 1. The summed E-state index contributed by atoms with van der Waals surface area (Å²) in [6.07, 6.45) is 8.05. The molecular formula is C27H24O3. The number of allylic oxidation sites excluding steroid dienone is 2. The highest BCUT2D eigenvalue weighted by atomic mass is 16.5. The lowest BCUT2D eigenvalue weighted by atomic mass is 9.97. The van der Waals surface area contributed by atoms with Gasteiger partial charge < -0.3 is 9.84 Å². The van der Waals surface area contributed by atoms with Crippen molar-refractivity contribution in [1.82, 2.24) is 0 Å². The molecule has 0 fully saturated rings. The van der Waals surface area contributed by atoms with Gasteiger partial charge in [-0.05, 0) is 59.9 Å². The normalized spacial score (nSPS) is 10.7. The van der Waals surface area contributed by atoms with E-state index in [9.17, 15) is 9.90 Å². The van der Waals surface area contributed by atoms with Crippen LogP contribution in [0, 0.1) is 0 Å². The number of aromatic hydroxyl groups is 1. The quantitative estimate of drug-likeness (QED) is 0.215. The summed E-state index contributed by atoms with van der Waals surface area (Å²) in [7, 11) is 0. The van der Waals surface area contributed by atoms with Gasteiger partial charge in [0.25, 0.3) is 0 Å².